The maximum absolute atomic E-state index is 11.6. The van der Waals surface area contributed by atoms with Gasteiger partial charge in [0.05, 0.1) is 11.1 Å². The normalized spacial score (nSPS) is 13.7. The highest BCUT2D eigenvalue weighted by Gasteiger charge is 2.25. The Morgan fingerprint density at radius 3 is 2.61 bits per heavy atom. The zero-order valence-corrected chi connectivity index (χ0v) is 10.6. The van der Waals surface area contributed by atoms with Gasteiger partial charge in [-0.2, -0.15) is 0 Å². The highest BCUT2D eigenvalue weighted by Crippen LogP contribution is 2.34. The molecule has 0 aromatic heterocycles. The molecule has 0 N–H and O–H groups in total. The van der Waals surface area contributed by atoms with Gasteiger partial charge in [-0.05, 0) is 26.0 Å². The quantitative estimate of drug-likeness (QED) is 0.751. The fourth-order valence-corrected chi connectivity index (χ4v) is 1.85. The van der Waals surface area contributed by atoms with Crippen LogP contribution in [0.3, 0.4) is 0 Å². The van der Waals surface area contributed by atoms with Crippen molar-refractivity contribution in [3.63, 3.8) is 0 Å². The van der Waals surface area contributed by atoms with E-state index in [4.69, 9.17) is 9.47 Å². The van der Waals surface area contributed by atoms with E-state index in [1.54, 1.807) is 0 Å². The van der Waals surface area contributed by atoms with Crippen molar-refractivity contribution in [3.8, 4) is 5.75 Å². The summed E-state index contributed by atoms with van der Waals surface area (Å²) >= 11 is 0. The van der Waals surface area contributed by atoms with Gasteiger partial charge in [-0.15, -0.1) is 0 Å². The van der Waals surface area contributed by atoms with E-state index >= 15 is 0 Å². The van der Waals surface area contributed by atoms with Crippen LogP contribution in [0.5, 0.6) is 5.75 Å². The second-order valence-corrected chi connectivity index (χ2v) is 4.25. The first kappa shape index (κ1) is 12.4. The molecule has 18 heavy (non-hydrogen) atoms. The molecule has 0 amide bonds. The summed E-state index contributed by atoms with van der Waals surface area (Å²) in [5, 5.41) is 0. The van der Waals surface area contributed by atoms with Gasteiger partial charge in [0.1, 0.15) is 12.4 Å². The van der Waals surface area contributed by atoms with Crippen molar-refractivity contribution in [3.05, 3.63) is 34.9 Å². The van der Waals surface area contributed by atoms with Crippen molar-refractivity contribution >= 4 is 17.5 Å². The molecule has 1 aliphatic heterocycles. The first-order valence-electron chi connectivity index (χ1n) is 5.65. The Labute approximate surface area is 105 Å². The minimum absolute atomic E-state index is 0.133. The third-order valence-corrected chi connectivity index (χ3v) is 2.70. The van der Waals surface area contributed by atoms with Crippen molar-refractivity contribution < 1.29 is 19.1 Å². The molecule has 0 saturated heterocycles. The van der Waals surface area contributed by atoms with Crippen LogP contribution in [-0.4, -0.2) is 18.4 Å². The monoisotopic (exact) mass is 246 g/mol. The highest BCUT2D eigenvalue weighted by atomic mass is 16.5. The van der Waals surface area contributed by atoms with E-state index in [0.717, 1.165) is 5.56 Å². The van der Waals surface area contributed by atoms with Gasteiger partial charge >= 0.3 is 5.97 Å². The van der Waals surface area contributed by atoms with Gasteiger partial charge < -0.3 is 9.47 Å². The number of hydrogen-bond acceptors (Lipinski definition) is 4. The number of ether oxygens (including phenoxy) is 2. The smallest absolute Gasteiger partial charge is 0.308 e. The Morgan fingerprint density at radius 1 is 1.28 bits per heavy atom. The molecule has 0 aliphatic carbocycles. The standard InChI is InChI=1S/C14H14O4/c1-8-4-5-13-11(6-8)14(18-10(3)16)12(7-17-13)9(2)15/h4-6H,7H2,1-3H3. The summed E-state index contributed by atoms with van der Waals surface area (Å²) in [5.74, 6) is 0.346. The van der Waals surface area contributed by atoms with E-state index in [0.29, 0.717) is 22.6 Å². The number of benzene rings is 1. The average molecular weight is 246 g/mol. The Bertz CT molecular complexity index is 555. The Kier molecular flexibility index (Phi) is 3.19. The van der Waals surface area contributed by atoms with Gasteiger partial charge in [0.25, 0.3) is 0 Å². The predicted molar refractivity (Wildman–Crippen MR) is 66.0 cm³/mol. The lowest BCUT2D eigenvalue weighted by molar-refractivity contribution is -0.134. The molecular formula is C14H14O4. The number of fused-ring (bicyclic) bond motifs is 1. The zero-order chi connectivity index (χ0) is 13.3. The minimum atomic E-state index is -0.446. The number of carbonyl (C=O) groups is 2. The molecule has 0 spiro atoms. The lowest BCUT2D eigenvalue weighted by Gasteiger charge is -2.22. The molecule has 0 atom stereocenters. The maximum atomic E-state index is 11.6. The van der Waals surface area contributed by atoms with E-state index < -0.39 is 5.97 Å². The number of Topliss-reactive ketones (excluding diaryl/α,β-unsaturated/α-hetero) is 1. The number of ketones is 1. The van der Waals surface area contributed by atoms with Crippen LogP contribution in [0.25, 0.3) is 5.76 Å². The van der Waals surface area contributed by atoms with E-state index in [1.165, 1.54) is 13.8 Å². The second kappa shape index (κ2) is 4.64. The van der Waals surface area contributed by atoms with Crippen LogP contribution in [0.1, 0.15) is 25.0 Å². The van der Waals surface area contributed by atoms with Crippen LogP contribution in [0.15, 0.2) is 23.8 Å². The molecular weight excluding hydrogens is 232 g/mol. The molecule has 0 unspecified atom stereocenters. The van der Waals surface area contributed by atoms with Crippen LogP contribution in [-0.2, 0) is 14.3 Å². The lowest BCUT2D eigenvalue weighted by Crippen LogP contribution is -2.18. The summed E-state index contributed by atoms with van der Waals surface area (Å²) < 4.78 is 10.7. The number of esters is 1. The van der Waals surface area contributed by atoms with Crippen molar-refractivity contribution in [1.82, 2.24) is 0 Å². The summed E-state index contributed by atoms with van der Waals surface area (Å²) in [6, 6.07) is 5.56. The van der Waals surface area contributed by atoms with Gasteiger partial charge in [0, 0.05) is 6.92 Å². The second-order valence-electron chi connectivity index (χ2n) is 4.25. The molecule has 1 aromatic rings. The highest BCUT2D eigenvalue weighted by molar-refractivity contribution is 6.02. The summed E-state index contributed by atoms with van der Waals surface area (Å²) in [6.07, 6.45) is 0. The molecule has 0 saturated carbocycles. The molecule has 1 heterocycles. The molecule has 4 heteroatoms. The van der Waals surface area contributed by atoms with Crippen LogP contribution < -0.4 is 4.74 Å². The zero-order valence-electron chi connectivity index (χ0n) is 10.6. The number of aryl methyl sites for hydroxylation is 1. The first-order valence-corrected chi connectivity index (χ1v) is 5.65. The minimum Gasteiger partial charge on any atom is -0.488 e. The molecule has 0 fully saturated rings. The van der Waals surface area contributed by atoms with E-state index in [9.17, 15) is 9.59 Å². The maximum Gasteiger partial charge on any atom is 0.308 e. The first-order chi connectivity index (χ1) is 8.49. The summed E-state index contributed by atoms with van der Waals surface area (Å²) in [6.45, 7) is 4.81. The topological polar surface area (TPSA) is 52.6 Å². The lowest BCUT2D eigenvalue weighted by atomic mass is 10.0. The molecule has 94 valence electrons. The van der Waals surface area contributed by atoms with Gasteiger partial charge in [-0.3, -0.25) is 9.59 Å². The summed E-state index contributed by atoms with van der Waals surface area (Å²) in [4.78, 5) is 22.7. The van der Waals surface area contributed by atoms with Gasteiger partial charge in [-0.1, -0.05) is 11.6 Å². The Hall–Kier alpha value is -2.10. The number of carbonyl (C=O) groups excluding carboxylic acids is 2. The predicted octanol–water partition coefficient (Wildman–Crippen LogP) is 2.25. The fourth-order valence-electron chi connectivity index (χ4n) is 1.85. The molecule has 2 rings (SSSR count). The third kappa shape index (κ3) is 2.27. The van der Waals surface area contributed by atoms with Crippen LogP contribution in [0, 0.1) is 6.92 Å². The van der Waals surface area contributed by atoms with Crippen LogP contribution in [0.2, 0.25) is 0 Å². The number of rotatable bonds is 2. The summed E-state index contributed by atoms with van der Waals surface area (Å²) in [7, 11) is 0. The third-order valence-electron chi connectivity index (χ3n) is 2.70. The van der Waals surface area contributed by atoms with E-state index in [2.05, 4.69) is 0 Å². The van der Waals surface area contributed by atoms with Crippen molar-refractivity contribution in [2.75, 3.05) is 6.61 Å². The molecule has 4 nitrogen and oxygen atoms in total. The summed E-state index contributed by atoms with van der Waals surface area (Å²) in [5.41, 5.74) is 2.05. The average Bonchev–Trinajstić information content (AvgIpc) is 2.28. The Morgan fingerprint density at radius 2 is 2.00 bits per heavy atom. The van der Waals surface area contributed by atoms with Gasteiger partial charge in [-0.25, -0.2) is 0 Å². The molecule has 1 aliphatic rings. The van der Waals surface area contributed by atoms with Crippen molar-refractivity contribution in [2.45, 2.75) is 20.8 Å². The van der Waals surface area contributed by atoms with Crippen molar-refractivity contribution in [1.29, 1.82) is 0 Å². The SMILES string of the molecule is CC(=O)OC1=C(C(C)=O)COc2ccc(C)cc21. The van der Waals surface area contributed by atoms with Crippen molar-refractivity contribution in [2.24, 2.45) is 0 Å². The van der Waals surface area contributed by atoms with Gasteiger partial charge in [0.15, 0.2) is 11.5 Å². The van der Waals surface area contributed by atoms with Crippen LogP contribution >= 0.6 is 0 Å². The molecule has 0 radical (unpaired) electrons. The largest absolute Gasteiger partial charge is 0.488 e. The van der Waals surface area contributed by atoms with E-state index in [1.807, 2.05) is 25.1 Å². The molecule has 0 bridgehead atoms. The van der Waals surface area contributed by atoms with E-state index in [-0.39, 0.29) is 12.4 Å². The van der Waals surface area contributed by atoms with Gasteiger partial charge in [0.2, 0.25) is 0 Å². The molecule has 1 aromatic carbocycles. The Balaban J connectivity index is 2.59. The number of hydrogen-bond donors (Lipinski definition) is 0. The fraction of sp³-hybridized carbons (Fsp3) is 0.286. The van der Waals surface area contributed by atoms with Crippen LogP contribution in [0.4, 0.5) is 0 Å².